The van der Waals surface area contributed by atoms with Crippen LogP contribution >= 0.6 is 11.6 Å². The van der Waals surface area contributed by atoms with Crippen LogP contribution in [0.3, 0.4) is 0 Å². The Balaban J connectivity index is 1.49. The zero-order chi connectivity index (χ0) is 22.8. The quantitative estimate of drug-likeness (QED) is 0.567. The number of nitrogens with one attached hydrogen (secondary N) is 1. The summed E-state index contributed by atoms with van der Waals surface area (Å²) in [6, 6.07) is 20.3. The van der Waals surface area contributed by atoms with Crippen molar-refractivity contribution in [2.24, 2.45) is 4.99 Å². The average molecular weight is 461 g/mol. The second-order valence-corrected chi connectivity index (χ2v) is 8.53. The zero-order valence-corrected chi connectivity index (χ0v) is 19.2. The van der Waals surface area contributed by atoms with Gasteiger partial charge in [-0.05, 0) is 61.1 Å². The van der Waals surface area contributed by atoms with Crippen molar-refractivity contribution in [3.8, 4) is 11.5 Å². The number of hydrogen-bond acceptors (Lipinski definition) is 5. The van der Waals surface area contributed by atoms with Gasteiger partial charge in [-0.25, -0.2) is 4.99 Å². The molecule has 0 atom stereocenters. The molecule has 2 aliphatic rings. The van der Waals surface area contributed by atoms with Gasteiger partial charge in [-0.3, -0.25) is 4.79 Å². The van der Waals surface area contributed by atoms with E-state index in [2.05, 4.69) is 22.0 Å². The molecule has 0 aliphatic carbocycles. The Morgan fingerprint density at radius 3 is 2.52 bits per heavy atom. The molecule has 7 heteroatoms. The first-order valence-electron chi connectivity index (χ1n) is 11.1. The fourth-order valence-electron chi connectivity index (χ4n) is 4.12. The largest absolute Gasteiger partial charge is 0.454 e. The van der Waals surface area contributed by atoms with Crippen molar-refractivity contribution in [2.45, 2.75) is 6.92 Å². The lowest BCUT2D eigenvalue weighted by Gasteiger charge is -2.36. The SMILES string of the molecule is CCN1CCN(C2=Nc3ccccc3Oc3ccc(NC(=O)c4ccc(Cl)cc4)cc32)CC1. The molecule has 3 aromatic rings. The minimum atomic E-state index is -0.195. The zero-order valence-electron chi connectivity index (χ0n) is 18.4. The van der Waals surface area contributed by atoms with E-state index in [1.165, 1.54) is 0 Å². The number of amides is 1. The molecule has 1 saturated heterocycles. The van der Waals surface area contributed by atoms with Gasteiger partial charge in [0, 0.05) is 42.5 Å². The molecule has 0 saturated carbocycles. The highest BCUT2D eigenvalue weighted by Gasteiger charge is 2.26. The van der Waals surface area contributed by atoms with E-state index in [4.69, 9.17) is 21.3 Å². The monoisotopic (exact) mass is 460 g/mol. The molecule has 168 valence electrons. The lowest BCUT2D eigenvalue weighted by molar-refractivity contribution is 0.102. The first-order chi connectivity index (χ1) is 16.1. The maximum atomic E-state index is 12.8. The van der Waals surface area contributed by atoms with E-state index in [9.17, 15) is 4.79 Å². The van der Waals surface area contributed by atoms with Crippen LogP contribution in [0.4, 0.5) is 11.4 Å². The van der Waals surface area contributed by atoms with Crippen LogP contribution in [-0.2, 0) is 0 Å². The first-order valence-corrected chi connectivity index (χ1v) is 11.5. The van der Waals surface area contributed by atoms with E-state index >= 15 is 0 Å². The van der Waals surface area contributed by atoms with Crippen LogP contribution in [-0.4, -0.2) is 54.3 Å². The molecule has 0 bridgehead atoms. The molecule has 1 fully saturated rings. The normalized spacial score (nSPS) is 15.6. The first kappa shape index (κ1) is 21.5. The fourth-order valence-corrected chi connectivity index (χ4v) is 4.25. The van der Waals surface area contributed by atoms with Gasteiger partial charge in [0.05, 0.1) is 5.56 Å². The maximum absolute atomic E-state index is 12.8. The van der Waals surface area contributed by atoms with Crippen LogP contribution in [0.5, 0.6) is 11.5 Å². The standard InChI is InChI=1S/C26H25ClN4O2/c1-2-30-13-15-31(16-14-30)25-21-17-20(28-26(32)18-7-9-19(27)10-8-18)11-12-23(21)33-24-6-4-3-5-22(24)29-25/h3-12,17H,2,13-16H2,1H3,(H,28,32). The van der Waals surface area contributed by atoms with Crippen LogP contribution in [0.1, 0.15) is 22.8 Å². The number of anilines is 1. The van der Waals surface area contributed by atoms with Crippen molar-refractivity contribution in [3.05, 3.63) is 82.9 Å². The minimum Gasteiger partial charge on any atom is -0.454 e. The number of rotatable bonds is 3. The van der Waals surface area contributed by atoms with E-state index in [1.807, 2.05) is 42.5 Å². The van der Waals surface area contributed by atoms with Gasteiger partial charge in [-0.15, -0.1) is 0 Å². The van der Waals surface area contributed by atoms with Crippen LogP contribution in [0.25, 0.3) is 0 Å². The number of aliphatic imine (C=N–C) groups is 1. The molecule has 2 aliphatic heterocycles. The summed E-state index contributed by atoms with van der Waals surface area (Å²) in [6.07, 6.45) is 0. The number of carbonyl (C=O) groups excluding carboxylic acids is 1. The number of nitrogens with zero attached hydrogens (tertiary/aromatic N) is 3. The number of fused-ring (bicyclic) bond motifs is 2. The third-order valence-electron chi connectivity index (χ3n) is 6.02. The summed E-state index contributed by atoms with van der Waals surface area (Å²) in [7, 11) is 0. The van der Waals surface area contributed by atoms with Crippen molar-refractivity contribution in [1.29, 1.82) is 0 Å². The molecule has 1 N–H and O–H groups in total. The third kappa shape index (κ3) is 4.58. The fraction of sp³-hybridized carbons (Fsp3) is 0.231. The van der Waals surface area contributed by atoms with Gasteiger partial charge in [0.15, 0.2) is 5.75 Å². The van der Waals surface area contributed by atoms with E-state index < -0.39 is 0 Å². The summed E-state index contributed by atoms with van der Waals surface area (Å²) in [6.45, 7) is 6.98. The predicted molar refractivity (Wildman–Crippen MR) is 132 cm³/mol. The van der Waals surface area contributed by atoms with E-state index in [-0.39, 0.29) is 5.91 Å². The molecule has 2 heterocycles. The Morgan fingerprint density at radius 2 is 1.76 bits per heavy atom. The lowest BCUT2D eigenvalue weighted by Crippen LogP contribution is -2.48. The summed E-state index contributed by atoms with van der Waals surface area (Å²) in [5.74, 6) is 2.12. The minimum absolute atomic E-state index is 0.195. The van der Waals surface area contributed by atoms with Crippen LogP contribution in [0.15, 0.2) is 71.7 Å². The molecule has 6 nitrogen and oxygen atoms in total. The number of likely N-dealkylation sites (N-methyl/N-ethyl adjacent to an activating group) is 1. The van der Waals surface area contributed by atoms with Crippen molar-refractivity contribution < 1.29 is 9.53 Å². The summed E-state index contributed by atoms with van der Waals surface area (Å²) in [5, 5.41) is 3.58. The van der Waals surface area contributed by atoms with Crippen molar-refractivity contribution in [1.82, 2.24) is 9.80 Å². The number of carbonyl (C=O) groups is 1. The number of piperazine rings is 1. The van der Waals surface area contributed by atoms with Crippen LogP contribution in [0.2, 0.25) is 5.02 Å². The van der Waals surface area contributed by atoms with E-state index in [1.54, 1.807) is 24.3 Å². The average Bonchev–Trinajstić information content (AvgIpc) is 3.01. The van der Waals surface area contributed by atoms with E-state index in [0.717, 1.165) is 61.3 Å². The van der Waals surface area contributed by atoms with Crippen molar-refractivity contribution in [2.75, 3.05) is 38.0 Å². The van der Waals surface area contributed by atoms with Gasteiger partial charge in [0.25, 0.3) is 5.91 Å². The molecule has 0 spiro atoms. The maximum Gasteiger partial charge on any atom is 0.255 e. The van der Waals surface area contributed by atoms with Crippen molar-refractivity contribution >= 4 is 34.7 Å². The highest BCUT2D eigenvalue weighted by molar-refractivity contribution is 6.30. The summed E-state index contributed by atoms with van der Waals surface area (Å²) in [5.41, 5.74) is 2.89. The molecule has 33 heavy (non-hydrogen) atoms. The number of amidine groups is 1. The Hall–Kier alpha value is -3.35. The Kier molecular flexibility index (Phi) is 6.03. The number of ether oxygens (including phenoxy) is 1. The Labute approximate surface area is 198 Å². The molecule has 0 radical (unpaired) electrons. The van der Waals surface area contributed by atoms with Crippen LogP contribution < -0.4 is 10.1 Å². The molecule has 0 aromatic heterocycles. The highest BCUT2D eigenvalue weighted by atomic mass is 35.5. The summed E-state index contributed by atoms with van der Waals surface area (Å²) >= 11 is 5.95. The van der Waals surface area contributed by atoms with Crippen molar-refractivity contribution in [3.63, 3.8) is 0 Å². The molecular formula is C26H25ClN4O2. The number of benzene rings is 3. The summed E-state index contributed by atoms with van der Waals surface area (Å²) in [4.78, 5) is 22.5. The molecule has 0 unspecified atom stereocenters. The van der Waals surface area contributed by atoms with Gasteiger partial charge in [0.1, 0.15) is 17.3 Å². The number of halogens is 1. The van der Waals surface area contributed by atoms with Gasteiger partial charge in [0.2, 0.25) is 0 Å². The number of para-hydroxylation sites is 2. The van der Waals surface area contributed by atoms with Crippen LogP contribution in [0, 0.1) is 0 Å². The third-order valence-corrected chi connectivity index (χ3v) is 6.27. The van der Waals surface area contributed by atoms with Gasteiger partial charge >= 0.3 is 0 Å². The molecule has 3 aromatic carbocycles. The lowest BCUT2D eigenvalue weighted by atomic mass is 10.1. The highest BCUT2D eigenvalue weighted by Crippen LogP contribution is 2.39. The molecular weight excluding hydrogens is 436 g/mol. The molecule has 1 amide bonds. The van der Waals surface area contributed by atoms with E-state index in [0.29, 0.717) is 16.3 Å². The molecule has 5 rings (SSSR count). The smallest absolute Gasteiger partial charge is 0.255 e. The predicted octanol–water partition coefficient (Wildman–Crippen LogP) is 5.41. The topological polar surface area (TPSA) is 57.2 Å². The number of hydrogen-bond donors (Lipinski definition) is 1. The van der Waals surface area contributed by atoms with Gasteiger partial charge < -0.3 is 19.9 Å². The summed E-state index contributed by atoms with van der Waals surface area (Å²) < 4.78 is 6.24. The second kappa shape index (κ2) is 9.25. The Morgan fingerprint density at radius 1 is 1.00 bits per heavy atom. The van der Waals surface area contributed by atoms with Gasteiger partial charge in [-0.1, -0.05) is 30.7 Å². The Bertz CT molecular complexity index is 1200. The van der Waals surface area contributed by atoms with Gasteiger partial charge in [-0.2, -0.15) is 0 Å². The second-order valence-electron chi connectivity index (χ2n) is 8.10.